The largest absolute Gasteiger partial charge is 0.393 e. The first kappa shape index (κ1) is 13.3. The van der Waals surface area contributed by atoms with Gasteiger partial charge in [-0.1, -0.05) is 18.2 Å². The van der Waals surface area contributed by atoms with Crippen molar-refractivity contribution in [2.75, 3.05) is 19.3 Å². The number of aliphatic hydroxyl groups is 1. The van der Waals surface area contributed by atoms with Gasteiger partial charge in [0.05, 0.1) is 11.6 Å². The average Bonchev–Trinajstić information content (AvgIpc) is 2.38. The maximum atomic E-state index is 9.33. The molecular formula is C16H21N3O. The zero-order chi connectivity index (χ0) is 14.1. The van der Waals surface area contributed by atoms with Gasteiger partial charge in [0, 0.05) is 24.0 Å². The molecule has 1 aliphatic rings. The number of hydrogen-bond donors (Lipinski definition) is 2. The maximum Gasteiger partial charge on any atom is 0.128 e. The molecule has 0 spiro atoms. The molecule has 0 atom stereocenters. The molecule has 0 radical (unpaired) electrons. The number of fused-ring (bicyclic) bond motifs is 1. The first-order valence-corrected chi connectivity index (χ1v) is 7.12. The highest BCUT2D eigenvalue weighted by Crippen LogP contribution is 2.28. The van der Waals surface area contributed by atoms with Gasteiger partial charge in [0.25, 0.3) is 0 Å². The van der Waals surface area contributed by atoms with Crippen molar-refractivity contribution in [3.05, 3.63) is 35.9 Å². The molecule has 1 saturated carbocycles. The molecule has 0 unspecified atom stereocenters. The molecule has 1 aromatic heterocycles. The number of aliphatic hydroxyl groups excluding tert-OH is 1. The van der Waals surface area contributed by atoms with Crippen LogP contribution < -0.4 is 5.73 Å². The van der Waals surface area contributed by atoms with Crippen LogP contribution in [-0.2, 0) is 6.54 Å². The van der Waals surface area contributed by atoms with Gasteiger partial charge >= 0.3 is 0 Å². The van der Waals surface area contributed by atoms with E-state index in [1.165, 1.54) is 0 Å². The summed E-state index contributed by atoms with van der Waals surface area (Å²) in [6, 6.07) is 10.2. The first-order valence-electron chi connectivity index (χ1n) is 7.12. The van der Waals surface area contributed by atoms with E-state index in [-0.39, 0.29) is 6.10 Å². The summed E-state index contributed by atoms with van der Waals surface area (Å²) in [4.78, 5) is 6.73. The summed E-state index contributed by atoms with van der Waals surface area (Å²) in [5, 5.41) is 10.5. The van der Waals surface area contributed by atoms with E-state index in [0.29, 0.717) is 11.7 Å². The van der Waals surface area contributed by atoms with Gasteiger partial charge in [-0.3, -0.25) is 0 Å². The van der Waals surface area contributed by atoms with Crippen LogP contribution >= 0.6 is 0 Å². The Kier molecular flexibility index (Phi) is 3.59. The zero-order valence-electron chi connectivity index (χ0n) is 11.8. The average molecular weight is 271 g/mol. The second-order valence-electron chi connectivity index (χ2n) is 5.91. The van der Waals surface area contributed by atoms with Gasteiger partial charge in [-0.05, 0) is 37.9 Å². The number of para-hydroxylation sites is 1. The number of nitrogens with zero attached hydrogens (tertiary/aromatic N) is 2. The van der Waals surface area contributed by atoms with Gasteiger partial charge in [-0.25, -0.2) is 4.98 Å². The Morgan fingerprint density at radius 2 is 2.10 bits per heavy atom. The number of nitrogens with two attached hydrogens (primary N) is 1. The lowest BCUT2D eigenvalue weighted by Crippen LogP contribution is -2.36. The third kappa shape index (κ3) is 2.76. The van der Waals surface area contributed by atoms with Gasteiger partial charge in [0.2, 0.25) is 0 Å². The third-order valence-corrected chi connectivity index (χ3v) is 4.06. The van der Waals surface area contributed by atoms with Crippen molar-refractivity contribution in [2.24, 2.45) is 5.92 Å². The lowest BCUT2D eigenvalue weighted by molar-refractivity contribution is 0.0274. The van der Waals surface area contributed by atoms with Crippen LogP contribution in [0, 0.1) is 5.92 Å². The Bertz CT molecular complexity index is 608. The van der Waals surface area contributed by atoms with Crippen LogP contribution in [0.1, 0.15) is 18.4 Å². The van der Waals surface area contributed by atoms with E-state index in [2.05, 4.69) is 29.1 Å². The van der Waals surface area contributed by atoms with E-state index >= 15 is 0 Å². The molecular weight excluding hydrogens is 250 g/mol. The maximum absolute atomic E-state index is 9.33. The van der Waals surface area contributed by atoms with E-state index in [0.717, 1.165) is 42.4 Å². The Hall–Kier alpha value is -1.65. The van der Waals surface area contributed by atoms with Crippen LogP contribution in [-0.4, -0.2) is 34.7 Å². The number of pyridine rings is 1. The minimum atomic E-state index is -0.0826. The highest BCUT2D eigenvalue weighted by atomic mass is 16.3. The highest BCUT2D eigenvalue weighted by Gasteiger charge is 2.27. The molecule has 0 bridgehead atoms. The SMILES string of the molecule is CN(Cc1cc2ccccc2nc1N)CC1CC(O)C1. The molecule has 4 heteroatoms. The van der Waals surface area contributed by atoms with Crippen LogP contribution in [0.15, 0.2) is 30.3 Å². The van der Waals surface area contributed by atoms with Gasteiger partial charge in [0.1, 0.15) is 5.82 Å². The quantitative estimate of drug-likeness (QED) is 0.893. The highest BCUT2D eigenvalue weighted by molar-refractivity contribution is 5.81. The minimum Gasteiger partial charge on any atom is -0.393 e. The number of rotatable bonds is 4. The van der Waals surface area contributed by atoms with Gasteiger partial charge in [-0.2, -0.15) is 0 Å². The van der Waals surface area contributed by atoms with E-state index in [1.54, 1.807) is 0 Å². The fourth-order valence-electron chi connectivity index (χ4n) is 2.95. The van der Waals surface area contributed by atoms with Crippen molar-refractivity contribution in [1.29, 1.82) is 0 Å². The molecule has 1 fully saturated rings. The van der Waals surface area contributed by atoms with Gasteiger partial charge in [0.15, 0.2) is 0 Å². The minimum absolute atomic E-state index is 0.0826. The normalized spacial score (nSPS) is 22.1. The molecule has 106 valence electrons. The lowest BCUT2D eigenvalue weighted by Gasteiger charge is -2.34. The Morgan fingerprint density at radius 3 is 2.85 bits per heavy atom. The summed E-state index contributed by atoms with van der Waals surface area (Å²) in [5.74, 6) is 1.23. The second kappa shape index (κ2) is 5.38. The molecule has 1 aromatic carbocycles. The molecule has 3 N–H and O–H groups in total. The topological polar surface area (TPSA) is 62.4 Å². The van der Waals surface area contributed by atoms with E-state index < -0.39 is 0 Å². The summed E-state index contributed by atoms with van der Waals surface area (Å²) in [6.45, 7) is 1.81. The van der Waals surface area contributed by atoms with Crippen LogP contribution in [0.5, 0.6) is 0 Å². The van der Waals surface area contributed by atoms with Crippen molar-refractivity contribution in [3.63, 3.8) is 0 Å². The predicted molar refractivity (Wildman–Crippen MR) is 81.2 cm³/mol. The molecule has 0 amide bonds. The Balaban J connectivity index is 1.71. The van der Waals surface area contributed by atoms with Crippen molar-refractivity contribution >= 4 is 16.7 Å². The standard InChI is InChI=1S/C16H21N3O/c1-19(9-11-6-14(20)7-11)10-13-8-12-4-2-3-5-15(12)18-16(13)17/h2-5,8,11,14,20H,6-7,9-10H2,1H3,(H2,17,18). The number of hydrogen-bond acceptors (Lipinski definition) is 4. The van der Waals surface area contributed by atoms with Gasteiger partial charge in [-0.15, -0.1) is 0 Å². The smallest absolute Gasteiger partial charge is 0.128 e. The lowest BCUT2D eigenvalue weighted by atomic mass is 9.82. The van der Waals surface area contributed by atoms with E-state index in [1.807, 2.05) is 18.2 Å². The van der Waals surface area contributed by atoms with Crippen LogP contribution in [0.3, 0.4) is 0 Å². The summed E-state index contributed by atoms with van der Waals surface area (Å²) in [7, 11) is 2.10. The van der Waals surface area contributed by atoms with Gasteiger partial charge < -0.3 is 15.7 Å². The molecule has 2 aromatic rings. The number of benzene rings is 1. The summed E-state index contributed by atoms with van der Waals surface area (Å²) >= 11 is 0. The fourth-order valence-corrected chi connectivity index (χ4v) is 2.95. The van der Waals surface area contributed by atoms with Crippen LogP contribution in [0.25, 0.3) is 10.9 Å². The molecule has 4 nitrogen and oxygen atoms in total. The summed E-state index contributed by atoms with van der Waals surface area (Å²) in [6.07, 6.45) is 1.77. The first-order chi connectivity index (χ1) is 9.61. The Morgan fingerprint density at radius 1 is 1.35 bits per heavy atom. The predicted octanol–water partition coefficient (Wildman–Crippen LogP) is 2.02. The molecule has 3 rings (SSSR count). The van der Waals surface area contributed by atoms with E-state index in [9.17, 15) is 5.11 Å². The fraction of sp³-hybridized carbons (Fsp3) is 0.438. The molecule has 0 saturated heterocycles. The molecule has 1 heterocycles. The molecule has 20 heavy (non-hydrogen) atoms. The van der Waals surface area contributed by atoms with E-state index in [4.69, 9.17) is 5.73 Å². The molecule has 1 aliphatic carbocycles. The zero-order valence-corrected chi connectivity index (χ0v) is 11.8. The number of anilines is 1. The van der Waals surface area contributed by atoms with Crippen molar-refractivity contribution in [3.8, 4) is 0 Å². The monoisotopic (exact) mass is 271 g/mol. The Labute approximate surface area is 119 Å². The van der Waals surface area contributed by atoms with Crippen LogP contribution in [0.4, 0.5) is 5.82 Å². The second-order valence-corrected chi connectivity index (χ2v) is 5.91. The molecule has 0 aliphatic heterocycles. The van der Waals surface area contributed by atoms with Crippen molar-refractivity contribution < 1.29 is 5.11 Å². The summed E-state index contributed by atoms with van der Waals surface area (Å²) in [5.41, 5.74) is 8.07. The van der Waals surface area contributed by atoms with Crippen molar-refractivity contribution in [2.45, 2.75) is 25.5 Å². The van der Waals surface area contributed by atoms with Crippen LogP contribution in [0.2, 0.25) is 0 Å². The number of nitrogen functional groups attached to an aromatic ring is 1. The third-order valence-electron chi connectivity index (χ3n) is 4.06. The summed E-state index contributed by atoms with van der Waals surface area (Å²) < 4.78 is 0. The number of aromatic nitrogens is 1. The van der Waals surface area contributed by atoms with Crippen molar-refractivity contribution in [1.82, 2.24) is 9.88 Å².